The predicted octanol–water partition coefficient (Wildman–Crippen LogP) is 2.08. The number of hydrogen-bond acceptors (Lipinski definition) is 4. The number of aromatic nitrogens is 2. The van der Waals surface area contributed by atoms with Crippen LogP contribution >= 0.6 is 0 Å². The molecule has 2 aliphatic heterocycles. The molecule has 0 aromatic carbocycles. The van der Waals surface area contributed by atoms with Gasteiger partial charge in [-0.15, -0.1) is 0 Å². The summed E-state index contributed by atoms with van der Waals surface area (Å²) in [6.07, 6.45) is 6.02. The smallest absolute Gasteiger partial charge is 0.0940 e. The molecule has 0 bridgehead atoms. The predicted molar refractivity (Wildman–Crippen MR) is 74.4 cm³/mol. The molecule has 2 saturated heterocycles. The third-order valence-corrected chi connectivity index (χ3v) is 4.54. The zero-order valence-electron chi connectivity index (χ0n) is 12.3. The number of ether oxygens (including phenoxy) is 2. The van der Waals surface area contributed by atoms with Crippen molar-refractivity contribution in [2.75, 3.05) is 19.8 Å². The molecule has 5 nitrogen and oxygen atoms in total. The van der Waals surface area contributed by atoms with Crippen LogP contribution in [-0.2, 0) is 9.47 Å². The summed E-state index contributed by atoms with van der Waals surface area (Å²) >= 11 is 0. The first-order chi connectivity index (χ1) is 9.60. The van der Waals surface area contributed by atoms with E-state index >= 15 is 0 Å². The third kappa shape index (κ3) is 2.62. The molecule has 0 amide bonds. The molecule has 3 unspecified atom stereocenters. The molecule has 0 saturated carbocycles. The standard InChI is InChI=1S/C15H24N2O3/c1-11(2)17-9-13(8-16-17)14(18)12-3-5-20-15(7-12)4-6-19-10-15/h8-9,11-12,14,18H,3-7,10H2,1-2H3. The van der Waals surface area contributed by atoms with Gasteiger partial charge < -0.3 is 14.6 Å². The SMILES string of the molecule is CC(C)n1cc(C(O)C2CCOC3(CCOC3)C2)cn1. The van der Waals surface area contributed by atoms with Crippen LogP contribution in [0.1, 0.15) is 50.8 Å². The first-order valence-electron chi connectivity index (χ1n) is 7.53. The van der Waals surface area contributed by atoms with Gasteiger partial charge in [-0.1, -0.05) is 0 Å². The summed E-state index contributed by atoms with van der Waals surface area (Å²) < 4.78 is 13.3. The van der Waals surface area contributed by atoms with E-state index in [0.717, 1.165) is 31.4 Å². The molecular formula is C15H24N2O3. The minimum Gasteiger partial charge on any atom is -0.388 e. The van der Waals surface area contributed by atoms with E-state index in [1.165, 1.54) is 0 Å². The highest BCUT2D eigenvalue weighted by molar-refractivity contribution is 5.11. The summed E-state index contributed by atoms with van der Waals surface area (Å²) in [5.41, 5.74) is 0.762. The highest BCUT2D eigenvalue weighted by Crippen LogP contribution is 2.40. The van der Waals surface area contributed by atoms with Gasteiger partial charge >= 0.3 is 0 Å². The second-order valence-electron chi connectivity index (χ2n) is 6.38. The molecule has 1 spiro atoms. The van der Waals surface area contributed by atoms with Crippen LogP contribution in [0.5, 0.6) is 0 Å². The van der Waals surface area contributed by atoms with Gasteiger partial charge in [-0.2, -0.15) is 5.10 Å². The molecule has 2 fully saturated rings. The van der Waals surface area contributed by atoms with Gasteiger partial charge in [0, 0.05) is 37.4 Å². The lowest BCUT2D eigenvalue weighted by atomic mass is 9.81. The number of aliphatic hydroxyl groups is 1. The van der Waals surface area contributed by atoms with Gasteiger partial charge in [-0.05, 0) is 32.6 Å². The highest BCUT2D eigenvalue weighted by Gasteiger charge is 2.43. The molecule has 2 aliphatic rings. The van der Waals surface area contributed by atoms with E-state index in [1.807, 2.05) is 10.9 Å². The van der Waals surface area contributed by atoms with E-state index in [4.69, 9.17) is 9.47 Å². The second-order valence-corrected chi connectivity index (χ2v) is 6.38. The van der Waals surface area contributed by atoms with E-state index in [-0.39, 0.29) is 11.5 Å². The maximum Gasteiger partial charge on any atom is 0.0940 e. The maximum absolute atomic E-state index is 10.6. The first-order valence-corrected chi connectivity index (χ1v) is 7.53. The Balaban J connectivity index is 1.70. The molecule has 1 aromatic rings. The molecule has 3 atom stereocenters. The van der Waals surface area contributed by atoms with Crippen molar-refractivity contribution in [2.24, 2.45) is 5.92 Å². The van der Waals surface area contributed by atoms with Crippen molar-refractivity contribution in [2.45, 2.75) is 50.9 Å². The topological polar surface area (TPSA) is 56.5 Å². The van der Waals surface area contributed by atoms with E-state index in [0.29, 0.717) is 19.3 Å². The van der Waals surface area contributed by atoms with Crippen LogP contribution in [0, 0.1) is 5.92 Å². The normalized spacial score (nSPS) is 32.1. The van der Waals surface area contributed by atoms with E-state index in [2.05, 4.69) is 18.9 Å². The average Bonchev–Trinajstić information content (AvgIpc) is 3.08. The van der Waals surface area contributed by atoms with Crippen molar-refractivity contribution >= 4 is 0 Å². The Bertz CT molecular complexity index is 452. The average molecular weight is 280 g/mol. The van der Waals surface area contributed by atoms with Crippen LogP contribution in [0.4, 0.5) is 0 Å². The number of rotatable bonds is 3. The van der Waals surface area contributed by atoms with Crippen molar-refractivity contribution in [1.82, 2.24) is 9.78 Å². The fraction of sp³-hybridized carbons (Fsp3) is 0.800. The number of hydrogen-bond donors (Lipinski definition) is 1. The van der Waals surface area contributed by atoms with Gasteiger partial charge in [-0.3, -0.25) is 4.68 Å². The fourth-order valence-electron chi connectivity index (χ4n) is 3.26. The molecular weight excluding hydrogens is 256 g/mol. The van der Waals surface area contributed by atoms with Gasteiger partial charge in [0.2, 0.25) is 0 Å². The van der Waals surface area contributed by atoms with Gasteiger partial charge in [-0.25, -0.2) is 0 Å². The molecule has 5 heteroatoms. The summed E-state index contributed by atoms with van der Waals surface area (Å²) in [5.74, 6) is 0.232. The Kier molecular flexibility index (Phi) is 3.84. The summed E-state index contributed by atoms with van der Waals surface area (Å²) in [4.78, 5) is 0. The molecule has 3 rings (SSSR count). The Hall–Kier alpha value is -0.910. The van der Waals surface area contributed by atoms with E-state index in [9.17, 15) is 5.11 Å². The second kappa shape index (κ2) is 5.47. The van der Waals surface area contributed by atoms with Crippen molar-refractivity contribution in [1.29, 1.82) is 0 Å². The molecule has 20 heavy (non-hydrogen) atoms. The molecule has 0 aliphatic carbocycles. The van der Waals surface area contributed by atoms with Crippen LogP contribution in [0.15, 0.2) is 12.4 Å². The van der Waals surface area contributed by atoms with Crippen LogP contribution < -0.4 is 0 Å². The molecule has 0 radical (unpaired) electrons. The zero-order chi connectivity index (χ0) is 14.2. The summed E-state index contributed by atoms with van der Waals surface area (Å²) in [6, 6.07) is 0.320. The lowest BCUT2D eigenvalue weighted by Crippen LogP contribution is -2.41. The van der Waals surface area contributed by atoms with E-state index < -0.39 is 6.10 Å². The lowest BCUT2D eigenvalue weighted by Gasteiger charge is -2.38. The van der Waals surface area contributed by atoms with Gasteiger partial charge in [0.25, 0.3) is 0 Å². The fourth-order valence-corrected chi connectivity index (χ4v) is 3.26. The number of aliphatic hydroxyl groups excluding tert-OH is 1. The Labute approximate surface area is 119 Å². The summed E-state index contributed by atoms with van der Waals surface area (Å²) in [7, 11) is 0. The number of nitrogens with zero attached hydrogens (tertiary/aromatic N) is 2. The third-order valence-electron chi connectivity index (χ3n) is 4.54. The quantitative estimate of drug-likeness (QED) is 0.921. The largest absolute Gasteiger partial charge is 0.388 e. The van der Waals surface area contributed by atoms with Crippen LogP contribution in [0.3, 0.4) is 0 Å². The monoisotopic (exact) mass is 280 g/mol. The Morgan fingerprint density at radius 1 is 1.45 bits per heavy atom. The Morgan fingerprint density at radius 2 is 2.30 bits per heavy atom. The van der Waals surface area contributed by atoms with Gasteiger partial charge in [0.1, 0.15) is 0 Å². The van der Waals surface area contributed by atoms with Gasteiger partial charge in [0.05, 0.1) is 24.5 Å². The highest BCUT2D eigenvalue weighted by atomic mass is 16.6. The first kappa shape index (κ1) is 14.0. The van der Waals surface area contributed by atoms with Crippen LogP contribution in [0.2, 0.25) is 0 Å². The summed E-state index contributed by atoms with van der Waals surface area (Å²) in [5, 5.41) is 15.0. The molecule has 1 aromatic heterocycles. The lowest BCUT2D eigenvalue weighted by molar-refractivity contribution is -0.117. The Morgan fingerprint density at radius 3 is 2.95 bits per heavy atom. The molecule has 3 heterocycles. The van der Waals surface area contributed by atoms with Crippen LogP contribution in [0.25, 0.3) is 0 Å². The van der Waals surface area contributed by atoms with Crippen molar-refractivity contribution in [3.63, 3.8) is 0 Å². The van der Waals surface area contributed by atoms with E-state index in [1.54, 1.807) is 6.20 Å². The zero-order valence-corrected chi connectivity index (χ0v) is 12.3. The van der Waals surface area contributed by atoms with Crippen molar-refractivity contribution in [3.05, 3.63) is 18.0 Å². The van der Waals surface area contributed by atoms with Crippen molar-refractivity contribution < 1.29 is 14.6 Å². The van der Waals surface area contributed by atoms with Crippen molar-refractivity contribution in [3.8, 4) is 0 Å². The minimum atomic E-state index is -0.455. The summed E-state index contributed by atoms with van der Waals surface area (Å²) in [6.45, 7) is 6.32. The molecule has 112 valence electrons. The molecule has 1 N–H and O–H groups in total. The maximum atomic E-state index is 10.6. The van der Waals surface area contributed by atoms with Gasteiger partial charge in [0.15, 0.2) is 0 Å². The minimum absolute atomic E-state index is 0.155. The van der Waals surface area contributed by atoms with Crippen LogP contribution in [-0.4, -0.2) is 40.3 Å².